The molecule has 12 heteroatoms. The van der Waals surface area contributed by atoms with Gasteiger partial charge in [-0.2, -0.15) is 4.37 Å². The molecule has 0 bridgehead atoms. The van der Waals surface area contributed by atoms with Crippen molar-refractivity contribution in [3.8, 4) is 5.75 Å². The Labute approximate surface area is 214 Å². The molecule has 1 aromatic heterocycles. The van der Waals surface area contributed by atoms with Gasteiger partial charge in [0.1, 0.15) is 23.0 Å². The monoisotopic (exact) mass is 579 g/mol. The van der Waals surface area contributed by atoms with E-state index in [2.05, 4.69) is 30.6 Å². The summed E-state index contributed by atoms with van der Waals surface area (Å²) in [6.07, 6.45) is -0.635. The molecule has 0 spiro atoms. The molecule has 1 amide bonds. The van der Waals surface area contributed by atoms with Crippen LogP contribution in [0.3, 0.4) is 0 Å². The average molecular weight is 581 g/mol. The summed E-state index contributed by atoms with van der Waals surface area (Å²) in [5, 5.41) is 2.94. The minimum atomic E-state index is -1.02. The molecule has 1 aromatic carbocycles. The van der Waals surface area contributed by atoms with Crippen LogP contribution in [-0.4, -0.2) is 40.8 Å². The Morgan fingerprint density at radius 3 is 2.33 bits per heavy atom. The third kappa shape index (κ3) is 8.88. The van der Waals surface area contributed by atoms with E-state index in [9.17, 15) is 9.59 Å². The summed E-state index contributed by atoms with van der Waals surface area (Å²) in [5.41, 5.74) is -0.252. The van der Waals surface area contributed by atoms with E-state index in [1.807, 2.05) is 0 Å². The first kappa shape index (κ1) is 27.6. The van der Waals surface area contributed by atoms with Crippen LogP contribution in [0.5, 0.6) is 5.75 Å². The van der Waals surface area contributed by atoms with E-state index in [1.54, 1.807) is 53.7 Å². The highest BCUT2D eigenvalue weighted by Gasteiger charge is 2.30. The fraction of sp³-hybridized carbons (Fsp3) is 0.524. The van der Waals surface area contributed by atoms with E-state index in [-0.39, 0.29) is 6.42 Å². The molecule has 0 saturated carbocycles. The SMILES string of the molecule is COc1cc(Br)c(N=c2ssnc2Cl)cc1C[C@H](NC(=O)OC(C)(C)C)C(=O)OC(C)(C)C. The lowest BCUT2D eigenvalue weighted by atomic mass is 10.0. The number of benzene rings is 1. The Morgan fingerprint density at radius 2 is 1.82 bits per heavy atom. The Hall–Kier alpha value is -1.69. The molecule has 33 heavy (non-hydrogen) atoms. The summed E-state index contributed by atoms with van der Waals surface area (Å²) >= 11 is 9.58. The quantitative estimate of drug-likeness (QED) is 0.351. The fourth-order valence-electron chi connectivity index (χ4n) is 2.59. The molecular weight excluding hydrogens is 554 g/mol. The number of aromatic nitrogens is 1. The number of carbonyl (C=O) groups excluding carboxylic acids is 2. The van der Waals surface area contributed by atoms with E-state index in [1.165, 1.54) is 28.0 Å². The van der Waals surface area contributed by atoms with Crippen molar-refractivity contribution >= 4 is 66.2 Å². The van der Waals surface area contributed by atoms with Crippen LogP contribution in [0.4, 0.5) is 10.5 Å². The van der Waals surface area contributed by atoms with E-state index in [0.717, 1.165) is 0 Å². The zero-order valence-electron chi connectivity index (χ0n) is 19.4. The summed E-state index contributed by atoms with van der Waals surface area (Å²) in [7, 11) is 4.10. The summed E-state index contributed by atoms with van der Waals surface area (Å²) in [6, 6.07) is 2.49. The first-order valence-corrected chi connectivity index (χ1v) is 13.2. The van der Waals surface area contributed by atoms with Gasteiger partial charge in [-0.25, -0.2) is 14.6 Å². The standard InChI is InChI=1S/C21H27BrClN3O5S2/c1-20(2,3)30-18(27)14(25-19(28)31-21(4,5)6)9-11-8-13(12(22)10-15(11)29-7)24-17-16(23)26-33-32-17/h8,10,14H,9H2,1-7H3,(H,25,28)/t14-/m0/s1. The van der Waals surface area contributed by atoms with Gasteiger partial charge in [0.05, 0.1) is 12.8 Å². The number of nitrogens with zero attached hydrogens (tertiary/aromatic N) is 2. The lowest BCUT2D eigenvalue weighted by molar-refractivity contribution is -0.157. The van der Waals surface area contributed by atoms with E-state index >= 15 is 0 Å². The molecule has 0 fully saturated rings. The molecule has 1 N–H and O–H groups in total. The number of carbonyl (C=O) groups is 2. The van der Waals surface area contributed by atoms with Crippen molar-refractivity contribution in [1.29, 1.82) is 0 Å². The van der Waals surface area contributed by atoms with Crippen LogP contribution in [0.15, 0.2) is 21.6 Å². The number of halogens is 2. The van der Waals surface area contributed by atoms with Crippen molar-refractivity contribution in [1.82, 2.24) is 9.69 Å². The molecule has 0 radical (unpaired) electrons. The van der Waals surface area contributed by atoms with Crippen LogP contribution >= 0.6 is 48.4 Å². The van der Waals surface area contributed by atoms with Crippen molar-refractivity contribution in [2.75, 3.05) is 7.11 Å². The molecule has 1 atom stereocenters. The minimum Gasteiger partial charge on any atom is -0.496 e. The number of amides is 1. The number of rotatable bonds is 6. The van der Waals surface area contributed by atoms with E-state index < -0.39 is 29.3 Å². The maximum absolute atomic E-state index is 12.9. The summed E-state index contributed by atoms with van der Waals surface area (Å²) < 4.78 is 21.6. The Kier molecular flexibility index (Phi) is 9.32. The summed E-state index contributed by atoms with van der Waals surface area (Å²) in [4.78, 5) is 29.9. The predicted molar refractivity (Wildman–Crippen MR) is 134 cm³/mol. The van der Waals surface area contributed by atoms with Gasteiger partial charge in [0, 0.05) is 21.4 Å². The van der Waals surface area contributed by atoms with Gasteiger partial charge in [-0.1, -0.05) is 11.6 Å². The number of methoxy groups -OCH3 is 1. The number of ether oxygens (including phenoxy) is 3. The molecule has 0 aliphatic carbocycles. The van der Waals surface area contributed by atoms with Crippen molar-refractivity contribution in [2.45, 2.75) is 65.2 Å². The van der Waals surface area contributed by atoms with E-state index in [0.29, 0.717) is 31.3 Å². The van der Waals surface area contributed by atoms with Gasteiger partial charge in [-0.05, 0) is 85.5 Å². The van der Waals surface area contributed by atoms with Crippen LogP contribution < -0.4 is 14.7 Å². The third-order valence-corrected chi connectivity index (χ3v) is 6.59. The van der Waals surface area contributed by atoms with Crippen molar-refractivity contribution in [2.24, 2.45) is 4.99 Å². The molecule has 0 saturated heterocycles. The second kappa shape index (κ2) is 11.2. The predicted octanol–water partition coefficient (Wildman–Crippen LogP) is 5.64. The molecule has 0 aliphatic heterocycles. The van der Waals surface area contributed by atoms with Gasteiger partial charge < -0.3 is 19.5 Å². The number of hydrogen-bond acceptors (Lipinski definition) is 9. The largest absolute Gasteiger partial charge is 0.496 e. The molecule has 1 heterocycles. The molecule has 2 rings (SSSR count). The first-order valence-electron chi connectivity index (χ1n) is 9.93. The average Bonchev–Trinajstić information content (AvgIpc) is 3.05. The summed E-state index contributed by atoms with van der Waals surface area (Å²) in [5.74, 6) is -0.0808. The molecule has 0 unspecified atom stereocenters. The second-order valence-electron chi connectivity index (χ2n) is 9.01. The maximum atomic E-state index is 12.9. The zero-order valence-corrected chi connectivity index (χ0v) is 23.4. The second-order valence-corrected chi connectivity index (χ2v) is 12.1. The zero-order chi connectivity index (χ0) is 25.0. The molecule has 8 nitrogen and oxygen atoms in total. The number of alkyl carbamates (subject to hydrolysis) is 1. The fourth-order valence-corrected chi connectivity index (χ4v) is 4.99. The lowest BCUT2D eigenvalue weighted by Crippen LogP contribution is -2.47. The maximum Gasteiger partial charge on any atom is 0.408 e. The normalized spacial score (nSPS) is 13.4. The van der Waals surface area contributed by atoms with Gasteiger partial charge in [-0.3, -0.25) is 0 Å². The van der Waals surface area contributed by atoms with Crippen LogP contribution in [0.25, 0.3) is 0 Å². The smallest absolute Gasteiger partial charge is 0.408 e. The first-order chi connectivity index (χ1) is 15.2. The van der Waals surface area contributed by atoms with Gasteiger partial charge in [0.2, 0.25) is 0 Å². The van der Waals surface area contributed by atoms with Crippen molar-refractivity contribution in [3.05, 3.63) is 32.0 Å². The van der Waals surface area contributed by atoms with Crippen LogP contribution in [0, 0.1) is 0 Å². The van der Waals surface area contributed by atoms with Crippen LogP contribution in [0.1, 0.15) is 47.1 Å². The van der Waals surface area contributed by atoms with Crippen LogP contribution in [-0.2, 0) is 20.7 Å². The Balaban J connectivity index is 2.44. The highest BCUT2D eigenvalue weighted by atomic mass is 79.9. The molecule has 182 valence electrons. The number of nitrogens with one attached hydrogen (secondary N) is 1. The highest BCUT2D eigenvalue weighted by molar-refractivity contribution is 9.10. The lowest BCUT2D eigenvalue weighted by Gasteiger charge is -2.26. The van der Waals surface area contributed by atoms with Crippen molar-refractivity contribution in [3.63, 3.8) is 0 Å². The Bertz CT molecular complexity index is 1070. The molecular formula is C21H27BrClN3O5S2. The number of esters is 1. The summed E-state index contributed by atoms with van der Waals surface area (Å²) in [6.45, 7) is 10.5. The molecule has 0 aliphatic rings. The highest BCUT2D eigenvalue weighted by Crippen LogP contribution is 2.34. The minimum absolute atomic E-state index is 0.0895. The van der Waals surface area contributed by atoms with Gasteiger partial charge in [-0.15, -0.1) is 0 Å². The van der Waals surface area contributed by atoms with Crippen molar-refractivity contribution < 1.29 is 23.8 Å². The molecule has 2 aromatic rings. The Morgan fingerprint density at radius 1 is 1.18 bits per heavy atom. The third-order valence-electron chi connectivity index (χ3n) is 3.79. The van der Waals surface area contributed by atoms with E-state index in [4.69, 9.17) is 25.8 Å². The topological polar surface area (TPSA) is 99.1 Å². The van der Waals surface area contributed by atoms with Gasteiger partial charge >= 0.3 is 12.1 Å². The van der Waals surface area contributed by atoms with Gasteiger partial charge in [0.15, 0.2) is 9.82 Å². The van der Waals surface area contributed by atoms with Gasteiger partial charge in [0.25, 0.3) is 0 Å². The number of hydrogen-bond donors (Lipinski definition) is 1. The van der Waals surface area contributed by atoms with Crippen LogP contribution in [0.2, 0.25) is 5.15 Å².